The van der Waals surface area contributed by atoms with Gasteiger partial charge in [0.2, 0.25) is 0 Å². The molecule has 0 amide bonds. The summed E-state index contributed by atoms with van der Waals surface area (Å²) in [5, 5.41) is 0. The molecule has 1 rings (SSSR count). The van der Waals surface area contributed by atoms with Gasteiger partial charge in [0.25, 0.3) is 0 Å². The van der Waals surface area contributed by atoms with E-state index in [1.54, 1.807) is 0 Å². The van der Waals surface area contributed by atoms with Crippen LogP contribution >= 0.6 is 11.6 Å². The highest BCUT2D eigenvalue weighted by Gasteiger charge is 2.07. The van der Waals surface area contributed by atoms with Crippen LogP contribution in [0.1, 0.15) is 48.5 Å². The summed E-state index contributed by atoms with van der Waals surface area (Å²) in [5.41, 5.74) is 2.03. The Kier molecular flexibility index (Phi) is 4.83. The van der Waals surface area contributed by atoms with E-state index in [1.807, 2.05) is 18.2 Å². The predicted molar refractivity (Wildman–Crippen MR) is 64.8 cm³/mol. The van der Waals surface area contributed by atoms with Gasteiger partial charge in [-0.15, -0.1) is 11.6 Å². The van der Waals surface area contributed by atoms with E-state index in [9.17, 15) is 4.79 Å². The molecule has 15 heavy (non-hydrogen) atoms. The van der Waals surface area contributed by atoms with E-state index < -0.39 is 0 Å². The minimum atomic E-state index is 0.193. The molecule has 1 aromatic carbocycles. The summed E-state index contributed by atoms with van der Waals surface area (Å²) in [6.45, 7) is 4.25. The third-order valence-corrected chi connectivity index (χ3v) is 2.68. The fraction of sp³-hybridized carbons (Fsp3) is 0.462. The summed E-state index contributed by atoms with van der Waals surface area (Å²) >= 11 is 5.56. The van der Waals surface area contributed by atoms with Gasteiger partial charge in [0.1, 0.15) is 0 Å². The lowest BCUT2D eigenvalue weighted by molar-refractivity contribution is 0.0982. The van der Waals surface area contributed by atoms with Crippen molar-refractivity contribution in [3.63, 3.8) is 0 Å². The summed E-state index contributed by atoms with van der Waals surface area (Å²) in [6.07, 6.45) is 1.30. The number of ketones is 1. The number of hydrogen-bond acceptors (Lipinski definition) is 1. The molecule has 0 fully saturated rings. The van der Waals surface area contributed by atoms with Crippen LogP contribution in [0.4, 0.5) is 0 Å². The average Bonchev–Trinajstić information content (AvgIpc) is 2.26. The minimum Gasteiger partial charge on any atom is -0.294 e. The van der Waals surface area contributed by atoms with Crippen LogP contribution in [0, 0.1) is 0 Å². The molecule has 0 bridgehead atoms. The van der Waals surface area contributed by atoms with Gasteiger partial charge in [0.15, 0.2) is 5.78 Å². The predicted octanol–water partition coefficient (Wildman–Crippen LogP) is 4.01. The Balaban J connectivity index is 2.76. The third-order valence-electron chi connectivity index (χ3n) is 2.41. The molecule has 82 valence electrons. The van der Waals surface area contributed by atoms with Gasteiger partial charge in [0, 0.05) is 17.9 Å². The van der Waals surface area contributed by atoms with E-state index in [4.69, 9.17) is 11.6 Å². The van der Waals surface area contributed by atoms with E-state index in [-0.39, 0.29) is 5.78 Å². The molecular formula is C13H17ClO. The zero-order valence-electron chi connectivity index (χ0n) is 9.29. The summed E-state index contributed by atoms with van der Waals surface area (Å²) in [5.74, 6) is 1.21. The van der Waals surface area contributed by atoms with Gasteiger partial charge in [-0.2, -0.15) is 0 Å². The molecule has 0 aliphatic carbocycles. The normalized spacial score (nSPS) is 10.7. The second-order valence-corrected chi connectivity index (χ2v) is 4.37. The van der Waals surface area contributed by atoms with Crippen molar-refractivity contribution in [1.29, 1.82) is 0 Å². The zero-order chi connectivity index (χ0) is 11.3. The van der Waals surface area contributed by atoms with Crippen molar-refractivity contribution in [3.8, 4) is 0 Å². The lowest BCUT2D eigenvalue weighted by Gasteiger charge is -2.07. The molecule has 0 saturated heterocycles. The molecule has 0 spiro atoms. The Labute approximate surface area is 96.5 Å². The first kappa shape index (κ1) is 12.3. The van der Waals surface area contributed by atoms with Crippen molar-refractivity contribution in [2.45, 2.75) is 32.6 Å². The Morgan fingerprint density at radius 1 is 1.40 bits per heavy atom. The van der Waals surface area contributed by atoms with Crippen LogP contribution in [0.2, 0.25) is 0 Å². The van der Waals surface area contributed by atoms with Gasteiger partial charge in [0.05, 0.1) is 0 Å². The number of carbonyl (C=O) groups excluding carboxylic acids is 1. The van der Waals surface area contributed by atoms with Crippen LogP contribution < -0.4 is 0 Å². The Morgan fingerprint density at radius 3 is 2.73 bits per heavy atom. The SMILES string of the molecule is CC(C)c1cccc(C(=O)CCCCl)c1. The van der Waals surface area contributed by atoms with Crippen LogP contribution in [0.3, 0.4) is 0 Å². The molecular weight excluding hydrogens is 208 g/mol. The molecule has 0 N–H and O–H groups in total. The van der Waals surface area contributed by atoms with Crippen LogP contribution in [-0.2, 0) is 0 Å². The number of carbonyl (C=O) groups is 1. The number of halogens is 1. The fourth-order valence-electron chi connectivity index (χ4n) is 1.44. The number of alkyl halides is 1. The third kappa shape index (κ3) is 3.67. The van der Waals surface area contributed by atoms with Crippen molar-refractivity contribution in [3.05, 3.63) is 35.4 Å². The van der Waals surface area contributed by atoms with Crippen molar-refractivity contribution in [2.75, 3.05) is 5.88 Å². The maximum Gasteiger partial charge on any atom is 0.162 e. The summed E-state index contributed by atoms with van der Waals surface area (Å²) in [7, 11) is 0. The summed E-state index contributed by atoms with van der Waals surface area (Å²) < 4.78 is 0. The molecule has 0 saturated carbocycles. The van der Waals surface area contributed by atoms with E-state index in [0.717, 1.165) is 12.0 Å². The highest BCUT2D eigenvalue weighted by Crippen LogP contribution is 2.16. The first-order valence-corrected chi connectivity index (χ1v) is 5.87. The molecule has 1 aromatic rings. The van der Waals surface area contributed by atoms with Crippen molar-refractivity contribution in [2.24, 2.45) is 0 Å². The molecule has 2 heteroatoms. The van der Waals surface area contributed by atoms with E-state index in [0.29, 0.717) is 18.2 Å². The van der Waals surface area contributed by atoms with Crippen molar-refractivity contribution in [1.82, 2.24) is 0 Å². The van der Waals surface area contributed by atoms with Gasteiger partial charge >= 0.3 is 0 Å². The van der Waals surface area contributed by atoms with Gasteiger partial charge in [-0.1, -0.05) is 32.0 Å². The first-order valence-electron chi connectivity index (χ1n) is 5.34. The Morgan fingerprint density at radius 2 is 2.13 bits per heavy atom. The second-order valence-electron chi connectivity index (χ2n) is 4.00. The van der Waals surface area contributed by atoms with Crippen molar-refractivity contribution >= 4 is 17.4 Å². The number of benzene rings is 1. The highest BCUT2D eigenvalue weighted by molar-refractivity contribution is 6.18. The molecule has 0 aromatic heterocycles. The van der Waals surface area contributed by atoms with Gasteiger partial charge in [-0.05, 0) is 24.0 Å². The number of rotatable bonds is 5. The molecule has 1 nitrogen and oxygen atoms in total. The first-order chi connectivity index (χ1) is 7.15. The standard InChI is InChI=1S/C13H17ClO/c1-10(2)11-5-3-6-12(9-11)13(15)7-4-8-14/h3,5-6,9-10H,4,7-8H2,1-2H3. The number of Topliss-reactive ketones (excluding diaryl/α,β-unsaturated/α-hetero) is 1. The Bertz CT molecular complexity index is 331. The molecule has 0 aliphatic rings. The van der Waals surface area contributed by atoms with Gasteiger partial charge in [-0.25, -0.2) is 0 Å². The molecule has 0 atom stereocenters. The van der Waals surface area contributed by atoms with Crippen LogP contribution in [0.25, 0.3) is 0 Å². The maximum atomic E-state index is 11.7. The minimum absolute atomic E-state index is 0.193. The van der Waals surface area contributed by atoms with E-state index in [2.05, 4.69) is 19.9 Å². The second kappa shape index (κ2) is 5.92. The monoisotopic (exact) mass is 224 g/mol. The van der Waals surface area contributed by atoms with Crippen molar-refractivity contribution < 1.29 is 4.79 Å². The fourth-order valence-corrected chi connectivity index (χ4v) is 1.58. The quantitative estimate of drug-likeness (QED) is 0.546. The topological polar surface area (TPSA) is 17.1 Å². The lowest BCUT2D eigenvalue weighted by atomic mass is 9.98. The zero-order valence-corrected chi connectivity index (χ0v) is 10.1. The Hall–Kier alpha value is -0.820. The molecule has 0 unspecified atom stereocenters. The van der Waals surface area contributed by atoms with E-state index >= 15 is 0 Å². The van der Waals surface area contributed by atoms with Gasteiger partial charge < -0.3 is 0 Å². The number of hydrogen-bond donors (Lipinski definition) is 0. The van der Waals surface area contributed by atoms with Crippen LogP contribution in [0.15, 0.2) is 24.3 Å². The molecule has 0 aliphatic heterocycles. The smallest absolute Gasteiger partial charge is 0.162 e. The molecule has 0 radical (unpaired) electrons. The lowest BCUT2D eigenvalue weighted by Crippen LogP contribution is -2.00. The largest absolute Gasteiger partial charge is 0.294 e. The van der Waals surface area contributed by atoms with Crippen LogP contribution in [-0.4, -0.2) is 11.7 Å². The van der Waals surface area contributed by atoms with E-state index in [1.165, 1.54) is 5.56 Å². The average molecular weight is 225 g/mol. The summed E-state index contributed by atoms with van der Waals surface area (Å²) in [6, 6.07) is 7.87. The van der Waals surface area contributed by atoms with Crippen LogP contribution in [0.5, 0.6) is 0 Å². The maximum absolute atomic E-state index is 11.7. The summed E-state index contributed by atoms with van der Waals surface area (Å²) in [4.78, 5) is 11.7. The highest BCUT2D eigenvalue weighted by atomic mass is 35.5. The van der Waals surface area contributed by atoms with Gasteiger partial charge in [-0.3, -0.25) is 4.79 Å². The molecule has 0 heterocycles.